The van der Waals surface area contributed by atoms with Crippen molar-refractivity contribution >= 4 is 8.07 Å². The number of rotatable bonds is 18. The van der Waals surface area contributed by atoms with E-state index in [-0.39, 0.29) is 10.1 Å². The van der Waals surface area contributed by atoms with Crippen LogP contribution in [0.25, 0.3) is 0 Å². The molecule has 8 atom stereocenters. The zero-order valence-corrected chi connectivity index (χ0v) is 21.7. The maximum Gasteiger partial charge on any atom is 0.0812 e. The number of ether oxygens (including phenoxy) is 8. The zero-order valence-electron chi connectivity index (χ0n) is 20.7. The van der Waals surface area contributed by atoms with Gasteiger partial charge in [-0.1, -0.05) is 0 Å². The van der Waals surface area contributed by atoms with E-state index in [9.17, 15) is 0 Å². The first-order chi connectivity index (χ1) is 17.1. The second kappa shape index (κ2) is 8.45. The van der Waals surface area contributed by atoms with Gasteiger partial charge in [-0.05, 0) is 60.7 Å². The van der Waals surface area contributed by atoms with Crippen LogP contribution in [-0.4, -0.2) is 110 Å². The highest BCUT2D eigenvalue weighted by atomic mass is 28.3. The molecule has 0 radical (unpaired) electrons. The molecule has 8 fully saturated rings. The van der Waals surface area contributed by atoms with Crippen LogP contribution in [0.3, 0.4) is 0 Å². The number of hydrogen-bond acceptors (Lipinski definition) is 8. The fourth-order valence-corrected chi connectivity index (χ4v) is 16.8. The van der Waals surface area contributed by atoms with Crippen LogP contribution in [0.15, 0.2) is 0 Å². The van der Waals surface area contributed by atoms with Crippen LogP contribution >= 0.6 is 0 Å². The second-order valence-corrected chi connectivity index (χ2v) is 18.0. The van der Waals surface area contributed by atoms with Crippen LogP contribution in [0.2, 0.25) is 22.2 Å². The lowest BCUT2D eigenvalue weighted by Gasteiger charge is -2.60. The van der Waals surface area contributed by atoms with Gasteiger partial charge in [0.2, 0.25) is 0 Å². The molecule has 0 bridgehead atoms. The maximum absolute atomic E-state index is 6.09. The lowest BCUT2D eigenvalue weighted by Crippen LogP contribution is -2.61. The Balaban J connectivity index is 1.28. The Morgan fingerprint density at radius 1 is 0.371 bits per heavy atom. The van der Waals surface area contributed by atoms with Crippen molar-refractivity contribution in [2.45, 2.75) is 110 Å². The summed E-state index contributed by atoms with van der Waals surface area (Å²) in [6, 6.07) is 2.43. The van der Waals surface area contributed by atoms with Crippen molar-refractivity contribution in [3.63, 3.8) is 0 Å². The van der Waals surface area contributed by atoms with Gasteiger partial charge in [-0.3, -0.25) is 0 Å². The molecule has 0 N–H and O–H groups in total. The molecule has 0 aromatic rings. The molecule has 8 aliphatic rings. The standard InChI is InChI=1S/C26H40O8Si/c1(17-7-27-17)25(2-18-8-28-18,3-19-9-29-19)35(15-23-13-33-23,16-24-14-34-24)26(4-20-10-30-20,5-21-11-31-21)6-22-12-32-22/h17-24H,1-16H2. The van der Waals surface area contributed by atoms with Crippen molar-refractivity contribution in [3.05, 3.63) is 0 Å². The third-order valence-corrected chi connectivity index (χ3v) is 17.7. The van der Waals surface area contributed by atoms with Crippen molar-refractivity contribution < 1.29 is 37.9 Å². The van der Waals surface area contributed by atoms with E-state index in [1.165, 1.54) is 12.1 Å². The molecule has 0 aromatic carbocycles. The smallest absolute Gasteiger partial charge is 0.0812 e. The quantitative estimate of drug-likeness (QED) is 0.206. The van der Waals surface area contributed by atoms with Crippen molar-refractivity contribution in [1.82, 2.24) is 0 Å². The van der Waals surface area contributed by atoms with Crippen molar-refractivity contribution in [3.8, 4) is 0 Å². The summed E-state index contributed by atoms with van der Waals surface area (Å²) < 4.78 is 48.2. The van der Waals surface area contributed by atoms with Crippen LogP contribution in [0.5, 0.6) is 0 Å². The Hall–Kier alpha value is -0.103. The minimum Gasteiger partial charge on any atom is -0.373 e. The largest absolute Gasteiger partial charge is 0.373 e. The average molecular weight is 509 g/mol. The van der Waals surface area contributed by atoms with Gasteiger partial charge in [0.05, 0.1) is 110 Å². The number of epoxide rings is 8. The molecule has 8 unspecified atom stereocenters. The molecule has 196 valence electrons. The summed E-state index contributed by atoms with van der Waals surface area (Å²) in [4.78, 5) is 0. The fraction of sp³-hybridized carbons (Fsp3) is 1.00. The summed E-state index contributed by atoms with van der Waals surface area (Å²) in [6.45, 7) is 7.23. The van der Waals surface area contributed by atoms with Crippen molar-refractivity contribution in [2.24, 2.45) is 0 Å². The van der Waals surface area contributed by atoms with Gasteiger partial charge in [-0.15, -0.1) is 0 Å². The molecule has 8 saturated heterocycles. The van der Waals surface area contributed by atoms with Gasteiger partial charge < -0.3 is 37.9 Å². The molecule has 35 heavy (non-hydrogen) atoms. The summed E-state index contributed by atoms with van der Waals surface area (Å²) in [5.41, 5.74) is 0. The van der Waals surface area contributed by atoms with Crippen molar-refractivity contribution in [2.75, 3.05) is 52.9 Å². The van der Waals surface area contributed by atoms with Gasteiger partial charge in [0.25, 0.3) is 0 Å². The monoisotopic (exact) mass is 508 g/mol. The predicted octanol–water partition coefficient (Wildman–Crippen LogP) is 2.45. The predicted molar refractivity (Wildman–Crippen MR) is 126 cm³/mol. The highest BCUT2D eigenvalue weighted by Gasteiger charge is 2.70. The van der Waals surface area contributed by atoms with Gasteiger partial charge >= 0.3 is 0 Å². The Morgan fingerprint density at radius 3 is 0.743 bits per heavy atom. The maximum atomic E-state index is 6.09. The topological polar surface area (TPSA) is 100 Å². The Bertz CT molecular complexity index is 655. The van der Waals surface area contributed by atoms with Gasteiger partial charge in [-0.25, -0.2) is 0 Å². The Morgan fingerprint density at radius 2 is 0.571 bits per heavy atom. The van der Waals surface area contributed by atoms with Crippen LogP contribution in [0.4, 0.5) is 0 Å². The minimum absolute atomic E-state index is 0.174. The number of hydrogen-bond donors (Lipinski definition) is 0. The fourth-order valence-electron chi connectivity index (χ4n) is 8.06. The van der Waals surface area contributed by atoms with E-state index in [0.717, 1.165) is 91.4 Å². The third kappa shape index (κ3) is 5.14. The van der Waals surface area contributed by atoms with E-state index in [1.807, 2.05) is 0 Å². The van der Waals surface area contributed by atoms with E-state index in [2.05, 4.69) is 0 Å². The second-order valence-electron chi connectivity index (χ2n) is 12.9. The normalized spacial score (nSPS) is 46.6. The first-order valence-electron chi connectivity index (χ1n) is 14.1. The molecule has 0 saturated carbocycles. The van der Waals surface area contributed by atoms with Gasteiger partial charge in [0.15, 0.2) is 0 Å². The van der Waals surface area contributed by atoms with E-state index in [4.69, 9.17) is 37.9 Å². The molecule has 9 heteroatoms. The molecular weight excluding hydrogens is 468 g/mol. The van der Waals surface area contributed by atoms with Crippen molar-refractivity contribution in [1.29, 1.82) is 0 Å². The molecule has 0 aromatic heterocycles. The van der Waals surface area contributed by atoms with Crippen LogP contribution in [0.1, 0.15) is 38.5 Å². The van der Waals surface area contributed by atoms with E-state index >= 15 is 0 Å². The summed E-state index contributed by atoms with van der Waals surface area (Å²) >= 11 is 0. The molecule has 8 aliphatic heterocycles. The lowest BCUT2D eigenvalue weighted by atomic mass is 9.89. The molecule has 8 heterocycles. The molecule has 0 aliphatic carbocycles. The lowest BCUT2D eigenvalue weighted by molar-refractivity contribution is 0.235. The highest BCUT2D eigenvalue weighted by Crippen LogP contribution is 2.72. The summed E-state index contributed by atoms with van der Waals surface area (Å²) in [7, 11) is -2.22. The van der Waals surface area contributed by atoms with Gasteiger partial charge in [-0.2, -0.15) is 0 Å². The molecule has 0 spiro atoms. The molecule has 8 rings (SSSR count). The van der Waals surface area contributed by atoms with E-state index < -0.39 is 8.07 Å². The Labute approximate surface area is 208 Å². The van der Waals surface area contributed by atoms with Gasteiger partial charge in [0.1, 0.15) is 0 Å². The summed E-state index contributed by atoms with van der Waals surface area (Å²) in [5, 5.41) is 0.347. The summed E-state index contributed by atoms with van der Waals surface area (Å²) in [6.07, 6.45) is 9.90. The van der Waals surface area contributed by atoms with E-state index in [1.54, 1.807) is 0 Å². The molecule has 8 nitrogen and oxygen atoms in total. The highest BCUT2D eigenvalue weighted by molar-refractivity contribution is 6.86. The third-order valence-electron chi connectivity index (χ3n) is 10.1. The van der Waals surface area contributed by atoms with Crippen LogP contribution in [0, 0.1) is 0 Å². The average Bonchev–Trinajstić information content (AvgIpc) is 3.60. The van der Waals surface area contributed by atoms with Crippen LogP contribution < -0.4 is 0 Å². The van der Waals surface area contributed by atoms with Crippen LogP contribution in [-0.2, 0) is 37.9 Å². The summed E-state index contributed by atoms with van der Waals surface area (Å²) in [5.74, 6) is 0. The minimum atomic E-state index is -2.22. The first-order valence-corrected chi connectivity index (χ1v) is 16.5. The zero-order chi connectivity index (χ0) is 23.1. The SMILES string of the molecule is C1OC1CC(CC1CO1)(CC1CO1)[Si](CC1CO1)(CC1CO1)C(CC1CO1)(CC1CO1)CC1CO1. The van der Waals surface area contributed by atoms with E-state index in [0.29, 0.717) is 48.8 Å². The molecule has 0 amide bonds. The molecular formula is C26H40O8Si. The van der Waals surface area contributed by atoms with Gasteiger partial charge in [0, 0.05) is 0 Å². The Kier molecular flexibility index (Phi) is 5.51. The first kappa shape index (κ1) is 22.8.